The van der Waals surface area contributed by atoms with Crippen LogP contribution in [-0.2, 0) is 0 Å². The van der Waals surface area contributed by atoms with Gasteiger partial charge in [0.25, 0.3) is 5.91 Å². The first-order valence-corrected chi connectivity index (χ1v) is 5.39. The maximum absolute atomic E-state index is 12.7. The number of hydrogen-bond donors (Lipinski definition) is 3. The number of halogens is 1. The van der Waals surface area contributed by atoms with Crippen molar-refractivity contribution >= 4 is 29.6 Å². The SMILES string of the molecule is Nc1[nH]c(=S)ncc1C(=O)Nc1ccc(F)cc1. The Morgan fingerprint density at radius 1 is 1.39 bits per heavy atom. The standard InChI is InChI=1S/C11H9FN4OS/c12-6-1-3-7(4-2-6)15-10(17)8-5-14-11(18)16-9(8)13/h1-5H,(H,15,17)(H3,13,14,16,18). The Morgan fingerprint density at radius 2 is 2.06 bits per heavy atom. The third-order valence-electron chi connectivity index (χ3n) is 2.19. The lowest BCUT2D eigenvalue weighted by Crippen LogP contribution is -2.15. The van der Waals surface area contributed by atoms with Gasteiger partial charge in [0.15, 0.2) is 4.77 Å². The summed E-state index contributed by atoms with van der Waals surface area (Å²) in [5.41, 5.74) is 6.25. The van der Waals surface area contributed by atoms with Crippen LogP contribution in [0.4, 0.5) is 15.9 Å². The van der Waals surface area contributed by atoms with E-state index < -0.39 is 5.91 Å². The average Bonchev–Trinajstić information content (AvgIpc) is 2.32. The fourth-order valence-electron chi connectivity index (χ4n) is 1.32. The number of carbonyl (C=O) groups excluding carboxylic acids is 1. The molecule has 0 aliphatic heterocycles. The van der Waals surface area contributed by atoms with Gasteiger partial charge in [-0.05, 0) is 36.5 Å². The second kappa shape index (κ2) is 4.92. The summed E-state index contributed by atoms with van der Waals surface area (Å²) >= 11 is 4.77. The normalized spacial score (nSPS) is 10.1. The van der Waals surface area contributed by atoms with Crippen molar-refractivity contribution in [1.29, 1.82) is 0 Å². The first-order valence-electron chi connectivity index (χ1n) is 4.98. The molecule has 2 aromatic rings. The minimum Gasteiger partial charge on any atom is -0.384 e. The summed E-state index contributed by atoms with van der Waals surface area (Å²) in [6.45, 7) is 0. The molecule has 7 heteroatoms. The lowest BCUT2D eigenvalue weighted by molar-refractivity contribution is 0.102. The minimum absolute atomic E-state index is 0.134. The number of rotatable bonds is 2. The van der Waals surface area contributed by atoms with Crippen molar-refractivity contribution in [3.8, 4) is 0 Å². The van der Waals surface area contributed by atoms with Gasteiger partial charge in [-0.25, -0.2) is 9.37 Å². The summed E-state index contributed by atoms with van der Waals surface area (Å²) in [6, 6.07) is 5.38. The van der Waals surface area contributed by atoms with E-state index in [9.17, 15) is 9.18 Å². The lowest BCUT2D eigenvalue weighted by Gasteiger charge is -2.06. The lowest BCUT2D eigenvalue weighted by atomic mass is 10.2. The molecule has 1 heterocycles. The van der Waals surface area contributed by atoms with Crippen molar-refractivity contribution in [2.75, 3.05) is 11.1 Å². The van der Waals surface area contributed by atoms with Gasteiger partial charge in [0, 0.05) is 11.9 Å². The molecule has 0 bridgehead atoms. The summed E-state index contributed by atoms with van der Waals surface area (Å²) in [7, 11) is 0. The fraction of sp³-hybridized carbons (Fsp3) is 0. The van der Waals surface area contributed by atoms with Crippen molar-refractivity contribution in [3.05, 3.63) is 46.6 Å². The summed E-state index contributed by atoms with van der Waals surface area (Å²) < 4.78 is 12.9. The van der Waals surface area contributed by atoms with Crippen LogP contribution in [0.3, 0.4) is 0 Å². The van der Waals surface area contributed by atoms with Gasteiger partial charge in [0.2, 0.25) is 0 Å². The first kappa shape index (κ1) is 12.2. The quantitative estimate of drug-likeness (QED) is 0.725. The van der Waals surface area contributed by atoms with Crippen LogP contribution >= 0.6 is 12.2 Å². The second-order valence-electron chi connectivity index (χ2n) is 3.48. The van der Waals surface area contributed by atoms with Crippen molar-refractivity contribution in [1.82, 2.24) is 9.97 Å². The zero-order valence-electron chi connectivity index (χ0n) is 9.11. The Bertz CT molecular complexity index is 638. The van der Waals surface area contributed by atoms with E-state index >= 15 is 0 Å². The Morgan fingerprint density at radius 3 is 2.67 bits per heavy atom. The Hall–Kier alpha value is -2.28. The third-order valence-corrected chi connectivity index (χ3v) is 2.40. The monoisotopic (exact) mass is 264 g/mol. The van der Waals surface area contributed by atoms with E-state index in [1.807, 2.05) is 0 Å². The van der Waals surface area contributed by atoms with Crippen LogP contribution in [0.5, 0.6) is 0 Å². The number of nitrogens with one attached hydrogen (secondary N) is 2. The number of hydrogen-bond acceptors (Lipinski definition) is 4. The maximum atomic E-state index is 12.7. The molecule has 1 amide bonds. The van der Waals surface area contributed by atoms with E-state index in [0.717, 1.165) is 0 Å². The fourth-order valence-corrected chi connectivity index (χ4v) is 1.48. The zero-order chi connectivity index (χ0) is 13.1. The van der Waals surface area contributed by atoms with Gasteiger partial charge in [-0.15, -0.1) is 0 Å². The molecule has 18 heavy (non-hydrogen) atoms. The highest BCUT2D eigenvalue weighted by Gasteiger charge is 2.10. The summed E-state index contributed by atoms with van der Waals surface area (Å²) in [5, 5.41) is 2.57. The van der Waals surface area contributed by atoms with Gasteiger partial charge >= 0.3 is 0 Å². The van der Waals surface area contributed by atoms with E-state index in [-0.39, 0.29) is 22.0 Å². The molecule has 5 nitrogen and oxygen atoms in total. The van der Waals surface area contributed by atoms with Crippen molar-refractivity contribution in [2.45, 2.75) is 0 Å². The van der Waals surface area contributed by atoms with E-state index in [4.69, 9.17) is 18.0 Å². The Labute approximate surface area is 107 Å². The van der Waals surface area contributed by atoms with E-state index in [0.29, 0.717) is 5.69 Å². The Balaban J connectivity index is 2.22. The number of anilines is 2. The van der Waals surface area contributed by atoms with Crippen LogP contribution in [0.1, 0.15) is 10.4 Å². The van der Waals surface area contributed by atoms with Gasteiger partial charge in [-0.2, -0.15) is 0 Å². The molecule has 0 saturated carbocycles. The highest BCUT2D eigenvalue weighted by molar-refractivity contribution is 7.71. The minimum atomic E-state index is -0.446. The molecule has 0 unspecified atom stereocenters. The van der Waals surface area contributed by atoms with Crippen LogP contribution < -0.4 is 11.1 Å². The molecular formula is C11H9FN4OS. The van der Waals surface area contributed by atoms with Crippen molar-refractivity contribution in [3.63, 3.8) is 0 Å². The largest absolute Gasteiger partial charge is 0.384 e. The van der Waals surface area contributed by atoms with Crippen LogP contribution in [0.15, 0.2) is 30.5 Å². The molecule has 4 N–H and O–H groups in total. The first-order chi connectivity index (χ1) is 8.56. The molecule has 2 rings (SSSR count). The Kier molecular flexibility index (Phi) is 3.33. The zero-order valence-corrected chi connectivity index (χ0v) is 9.92. The number of aromatic nitrogens is 2. The van der Waals surface area contributed by atoms with Crippen LogP contribution in [0, 0.1) is 10.6 Å². The number of aromatic amines is 1. The summed E-state index contributed by atoms with van der Waals surface area (Å²) in [5.74, 6) is -0.689. The van der Waals surface area contributed by atoms with Crippen LogP contribution in [0.2, 0.25) is 0 Å². The number of carbonyl (C=O) groups is 1. The van der Waals surface area contributed by atoms with Crippen LogP contribution in [-0.4, -0.2) is 15.9 Å². The number of nitrogens with two attached hydrogens (primary N) is 1. The highest BCUT2D eigenvalue weighted by atomic mass is 32.1. The molecule has 0 fully saturated rings. The predicted octanol–water partition coefficient (Wildman–Crippen LogP) is 2.11. The molecule has 92 valence electrons. The number of nitrogens with zero attached hydrogens (tertiary/aromatic N) is 1. The topological polar surface area (TPSA) is 83.8 Å². The number of nitrogen functional groups attached to an aromatic ring is 1. The van der Waals surface area contributed by atoms with Gasteiger partial charge in [-0.3, -0.25) is 4.79 Å². The number of H-pyrrole nitrogens is 1. The molecule has 0 aliphatic rings. The molecule has 1 aromatic carbocycles. The van der Waals surface area contributed by atoms with Gasteiger partial charge in [0.05, 0.1) is 5.56 Å². The molecule has 0 saturated heterocycles. The number of benzene rings is 1. The molecule has 1 aromatic heterocycles. The van der Waals surface area contributed by atoms with E-state index in [1.165, 1.54) is 30.5 Å². The molecular weight excluding hydrogens is 255 g/mol. The van der Waals surface area contributed by atoms with Crippen LogP contribution in [0.25, 0.3) is 0 Å². The van der Waals surface area contributed by atoms with Gasteiger partial charge < -0.3 is 16.0 Å². The maximum Gasteiger partial charge on any atom is 0.260 e. The smallest absolute Gasteiger partial charge is 0.260 e. The van der Waals surface area contributed by atoms with Crippen molar-refractivity contribution in [2.24, 2.45) is 0 Å². The van der Waals surface area contributed by atoms with Crippen molar-refractivity contribution < 1.29 is 9.18 Å². The van der Waals surface area contributed by atoms with E-state index in [2.05, 4.69) is 15.3 Å². The molecule has 0 radical (unpaired) electrons. The second-order valence-corrected chi connectivity index (χ2v) is 3.86. The third kappa shape index (κ3) is 2.69. The molecule has 0 aliphatic carbocycles. The highest BCUT2D eigenvalue weighted by Crippen LogP contribution is 2.12. The van der Waals surface area contributed by atoms with Gasteiger partial charge in [0.1, 0.15) is 11.6 Å². The average molecular weight is 264 g/mol. The molecule has 0 atom stereocenters. The predicted molar refractivity (Wildman–Crippen MR) is 68.2 cm³/mol. The van der Waals surface area contributed by atoms with E-state index in [1.54, 1.807) is 0 Å². The number of amides is 1. The molecule has 0 spiro atoms. The summed E-state index contributed by atoms with van der Waals surface area (Å²) in [6.07, 6.45) is 1.28. The van der Waals surface area contributed by atoms with Gasteiger partial charge in [-0.1, -0.05) is 0 Å². The summed E-state index contributed by atoms with van der Waals surface area (Å²) in [4.78, 5) is 18.2.